The van der Waals surface area contributed by atoms with E-state index in [9.17, 15) is 13.2 Å². The molecule has 1 aliphatic heterocycles. The van der Waals surface area contributed by atoms with E-state index in [1.54, 1.807) is 12.1 Å². The monoisotopic (exact) mass is 417 g/mol. The topological polar surface area (TPSA) is 79.0 Å². The Labute approximate surface area is 172 Å². The van der Waals surface area contributed by atoms with E-state index in [1.807, 2.05) is 18.2 Å². The van der Waals surface area contributed by atoms with Crippen molar-refractivity contribution in [2.75, 3.05) is 38.0 Å². The summed E-state index contributed by atoms with van der Waals surface area (Å²) in [7, 11) is 0.614. The third-order valence-electron chi connectivity index (χ3n) is 5.18. The molecule has 7 nitrogen and oxygen atoms in total. The average Bonchev–Trinajstić information content (AvgIpc) is 2.70. The molecule has 1 heterocycles. The first-order chi connectivity index (χ1) is 13.7. The number of amides is 1. The van der Waals surface area contributed by atoms with Crippen LogP contribution in [0.2, 0.25) is 0 Å². The molecule has 0 aromatic heterocycles. The molecule has 156 valence electrons. The Morgan fingerprint density at radius 2 is 1.97 bits per heavy atom. The highest BCUT2D eigenvalue weighted by Crippen LogP contribution is 2.31. The molecular formula is C21H27N3O4S. The molecule has 1 atom stereocenters. The first-order valence-corrected chi connectivity index (χ1v) is 10.9. The molecule has 2 aromatic rings. The van der Waals surface area contributed by atoms with Gasteiger partial charge in [-0.3, -0.25) is 4.79 Å². The van der Waals surface area contributed by atoms with Crippen LogP contribution >= 0.6 is 0 Å². The number of para-hydroxylation sites is 1. The largest absolute Gasteiger partial charge is 0.495 e. The minimum Gasteiger partial charge on any atom is -0.495 e. The number of ether oxygens (including phenoxy) is 1. The summed E-state index contributed by atoms with van der Waals surface area (Å²) in [5.74, 6) is 0.0298. The fraction of sp³-hybridized carbons (Fsp3) is 0.381. The molecule has 0 aliphatic carbocycles. The van der Waals surface area contributed by atoms with E-state index in [-0.39, 0.29) is 29.1 Å². The van der Waals surface area contributed by atoms with Crippen LogP contribution in [0.3, 0.4) is 0 Å². The number of hydrogen-bond donors (Lipinski definition) is 1. The number of nitrogens with zero attached hydrogens (tertiary/aromatic N) is 2. The fourth-order valence-corrected chi connectivity index (χ4v) is 4.58. The smallest absolute Gasteiger partial charge is 0.246 e. The van der Waals surface area contributed by atoms with E-state index in [4.69, 9.17) is 4.74 Å². The number of carbonyl (C=O) groups excluding carboxylic acids is 1. The van der Waals surface area contributed by atoms with E-state index >= 15 is 0 Å². The van der Waals surface area contributed by atoms with Crippen LogP contribution in [0.4, 0.5) is 11.4 Å². The zero-order chi connectivity index (χ0) is 21.2. The molecule has 0 spiro atoms. The van der Waals surface area contributed by atoms with Crippen LogP contribution in [-0.2, 0) is 21.2 Å². The third-order valence-corrected chi connectivity index (χ3v) is 7.02. The van der Waals surface area contributed by atoms with Crippen molar-refractivity contribution in [1.29, 1.82) is 0 Å². The molecule has 0 fully saturated rings. The van der Waals surface area contributed by atoms with Crippen LogP contribution in [0.5, 0.6) is 5.75 Å². The van der Waals surface area contributed by atoms with Crippen LogP contribution in [-0.4, -0.2) is 52.4 Å². The van der Waals surface area contributed by atoms with Crippen molar-refractivity contribution in [3.05, 3.63) is 48.0 Å². The van der Waals surface area contributed by atoms with Crippen LogP contribution in [0.15, 0.2) is 47.4 Å². The molecule has 0 bridgehead atoms. The van der Waals surface area contributed by atoms with Gasteiger partial charge >= 0.3 is 0 Å². The van der Waals surface area contributed by atoms with Gasteiger partial charge in [0.25, 0.3) is 0 Å². The van der Waals surface area contributed by atoms with Gasteiger partial charge in [-0.25, -0.2) is 12.7 Å². The second-order valence-corrected chi connectivity index (χ2v) is 9.47. The first kappa shape index (κ1) is 21.1. The summed E-state index contributed by atoms with van der Waals surface area (Å²) in [6.07, 6.45) is 1.98. The highest BCUT2D eigenvalue weighted by molar-refractivity contribution is 7.89. The van der Waals surface area contributed by atoms with Crippen molar-refractivity contribution in [2.24, 2.45) is 0 Å². The standard InChI is InChI=1S/C21H27N3O4S/c1-15-9-10-16-7-5-6-8-18(16)24(15)14-21(25)22-17-11-12-19(28-4)20(13-17)29(26,27)23(2)3/h5-8,11-13,15H,9-10,14H2,1-4H3,(H,22,25). The minimum atomic E-state index is -3.71. The number of carbonyl (C=O) groups is 1. The predicted octanol–water partition coefficient (Wildman–Crippen LogP) is 2.73. The summed E-state index contributed by atoms with van der Waals surface area (Å²) >= 11 is 0. The molecule has 1 aliphatic rings. The lowest BCUT2D eigenvalue weighted by Crippen LogP contribution is -2.42. The predicted molar refractivity (Wildman–Crippen MR) is 114 cm³/mol. The van der Waals surface area contributed by atoms with E-state index in [0.29, 0.717) is 5.69 Å². The number of aryl methyl sites for hydroxylation is 1. The maximum Gasteiger partial charge on any atom is 0.246 e. The van der Waals surface area contributed by atoms with Gasteiger partial charge in [0.1, 0.15) is 10.6 Å². The lowest BCUT2D eigenvalue weighted by Gasteiger charge is -2.36. The number of fused-ring (bicyclic) bond motifs is 1. The van der Waals surface area contributed by atoms with E-state index in [2.05, 4.69) is 23.2 Å². The van der Waals surface area contributed by atoms with Crippen molar-refractivity contribution < 1.29 is 17.9 Å². The molecule has 0 saturated heterocycles. The van der Waals surface area contributed by atoms with Crippen molar-refractivity contribution in [3.63, 3.8) is 0 Å². The fourth-order valence-electron chi connectivity index (χ4n) is 3.51. The first-order valence-electron chi connectivity index (χ1n) is 9.49. The van der Waals surface area contributed by atoms with E-state index in [0.717, 1.165) is 22.8 Å². The highest BCUT2D eigenvalue weighted by Gasteiger charge is 2.26. The summed E-state index contributed by atoms with van der Waals surface area (Å²) in [5, 5.41) is 2.82. The second-order valence-electron chi connectivity index (χ2n) is 7.35. The number of sulfonamides is 1. The molecule has 0 radical (unpaired) electrons. The number of methoxy groups -OCH3 is 1. The van der Waals surface area contributed by atoms with Crippen molar-refractivity contribution in [2.45, 2.75) is 30.7 Å². The quantitative estimate of drug-likeness (QED) is 0.782. The Morgan fingerprint density at radius 1 is 1.24 bits per heavy atom. The Balaban J connectivity index is 1.81. The summed E-state index contributed by atoms with van der Waals surface area (Å²) < 4.78 is 31.4. The summed E-state index contributed by atoms with van der Waals surface area (Å²) in [5.41, 5.74) is 2.73. The van der Waals surface area contributed by atoms with Crippen molar-refractivity contribution >= 4 is 27.3 Å². The second kappa shape index (κ2) is 8.42. The molecule has 0 saturated carbocycles. The Bertz CT molecular complexity index is 1000. The number of rotatable bonds is 6. The Morgan fingerprint density at radius 3 is 2.66 bits per heavy atom. The van der Waals surface area contributed by atoms with Crippen molar-refractivity contribution in [3.8, 4) is 5.75 Å². The Hall–Kier alpha value is -2.58. The zero-order valence-electron chi connectivity index (χ0n) is 17.2. The van der Waals surface area contributed by atoms with Crippen LogP contribution < -0.4 is 15.0 Å². The van der Waals surface area contributed by atoms with Gasteiger partial charge in [0.15, 0.2) is 0 Å². The van der Waals surface area contributed by atoms with E-state index < -0.39 is 10.0 Å². The van der Waals surface area contributed by atoms with Gasteiger partial charge in [0, 0.05) is 31.5 Å². The molecule has 1 N–H and O–H groups in total. The maximum absolute atomic E-state index is 12.7. The Kier molecular flexibility index (Phi) is 6.14. The zero-order valence-corrected chi connectivity index (χ0v) is 18.0. The van der Waals surface area contributed by atoms with E-state index in [1.165, 1.54) is 32.8 Å². The molecule has 8 heteroatoms. The minimum absolute atomic E-state index is 0.0134. The lowest BCUT2D eigenvalue weighted by molar-refractivity contribution is -0.115. The summed E-state index contributed by atoms with van der Waals surface area (Å²) in [4.78, 5) is 14.8. The molecule has 2 aromatic carbocycles. The molecule has 29 heavy (non-hydrogen) atoms. The number of nitrogens with one attached hydrogen (secondary N) is 1. The van der Waals surface area contributed by atoms with Gasteiger partial charge in [-0.2, -0.15) is 0 Å². The van der Waals surface area contributed by atoms with Crippen LogP contribution in [0.1, 0.15) is 18.9 Å². The number of benzene rings is 2. The molecule has 1 unspecified atom stereocenters. The van der Waals surface area contributed by atoms with Gasteiger partial charge in [-0.1, -0.05) is 18.2 Å². The average molecular weight is 418 g/mol. The van der Waals surface area contributed by atoms with Crippen molar-refractivity contribution in [1.82, 2.24) is 4.31 Å². The summed E-state index contributed by atoms with van der Waals surface area (Å²) in [6, 6.07) is 13.0. The van der Waals surface area contributed by atoms with Gasteiger partial charge < -0.3 is 15.0 Å². The third kappa shape index (κ3) is 4.38. The lowest BCUT2D eigenvalue weighted by atomic mass is 9.96. The maximum atomic E-state index is 12.7. The van der Waals surface area contributed by atoms with Gasteiger partial charge in [0.05, 0.1) is 13.7 Å². The number of anilines is 2. The van der Waals surface area contributed by atoms with Gasteiger partial charge in [-0.05, 0) is 49.6 Å². The number of hydrogen-bond acceptors (Lipinski definition) is 5. The SMILES string of the molecule is COc1ccc(NC(=O)CN2c3ccccc3CCC2C)cc1S(=O)(=O)N(C)C. The molecule has 1 amide bonds. The van der Waals surface area contributed by atoms with Gasteiger partial charge in [0.2, 0.25) is 15.9 Å². The van der Waals surface area contributed by atoms with Crippen LogP contribution in [0, 0.1) is 0 Å². The highest BCUT2D eigenvalue weighted by atomic mass is 32.2. The normalized spacial score (nSPS) is 16.4. The van der Waals surface area contributed by atoms with Crippen LogP contribution in [0.25, 0.3) is 0 Å². The molecular weight excluding hydrogens is 390 g/mol. The summed E-state index contributed by atoms with van der Waals surface area (Å²) in [6.45, 7) is 2.30. The molecule has 3 rings (SSSR count). The van der Waals surface area contributed by atoms with Gasteiger partial charge in [-0.15, -0.1) is 0 Å².